The SMILES string of the molecule is CCN(CC)c1ccc([N+](=O)[O-])cc1/C=N\Nc1ccccc1. The highest BCUT2D eigenvalue weighted by molar-refractivity contribution is 5.89. The van der Waals surface area contributed by atoms with E-state index >= 15 is 0 Å². The van der Waals surface area contributed by atoms with Crippen molar-refractivity contribution in [2.24, 2.45) is 5.10 Å². The topological polar surface area (TPSA) is 70.8 Å². The van der Waals surface area contributed by atoms with E-state index in [9.17, 15) is 10.1 Å². The number of rotatable bonds is 7. The molecule has 0 atom stereocenters. The summed E-state index contributed by atoms with van der Waals surface area (Å²) in [7, 11) is 0. The van der Waals surface area contributed by atoms with Gasteiger partial charge < -0.3 is 4.90 Å². The number of hydrazone groups is 1. The molecule has 0 saturated heterocycles. The van der Waals surface area contributed by atoms with Crippen molar-refractivity contribution in [2.75, 3.05) is 23.4 Å². The van der Waals surface area contributed by atoms with Crippen molar-refractivity contribution in [2.45, 2.75) is 13.8 Å². The molecule has 0 spiro atoms. The lowest BCUT2D eigenvalue weighted by molar-refractivity contribution is -0.384. The predicted molar refractivity (Wildman–Crippen MR) is 94.3 cm³/mol. The van der Waals surface area contributed by atoms with Crippen molar-refractivity contribution >= 4 is 23.3 Å². The van der Waals surface area contributed by atoms with E-state index in [0.717, 1.165) is 24.5 Å². The van der Waals surface area contributed by atoms with Crippen LogP contribution in [0.3, 0.4) is 0 Å². The average molecular weight is 312 g/mol. The predicted octanol–water partition coefficient (Wildman–Crippen LogP) is 3.89. The maximum Gasteiger partial charge on any atom is 0.270 e. The Balaban J connectivity index is 2.29. The molecule has 0 aliphatic carbocycles. The number of benzene rings is 2. The highest BCUT2D eigenvalue weighted by Gasteiger charge is 2.13. The van der Waals surface area contributed by atoms with E-state index in [1.165, 1.54) is 6.07 Å². The first-order chi connectivity index (χ1) is 11.2. The van der Waals surface area contributed by atoms with Crippen molar-refractivity contribution in [3.05, 3.63) is 64.2 Å². The number of para-hydroxylation sites is 1. The Morgan fingerprint density at radius 2 is 1.87 bits per heavy atom. The second-order valence-electron chi connectivity index (χ2n) is 4.91. The maximum absolute atomic E-state index is 11.0. The Morgan fingerprint density at radius 1 is 1.17 bits per heavy atom. The number of anilines is 2. The van der Waals surface area contributed by atoms with E-state index < -0.39 is 4.92 Å². The molecule has 0 aromatic heterocycles. The zero-order chi connectivity index (χ0) is 16.7. The Hall–Kier alpha value is -2.89. The van der Waals surface area contributed by atoms with E-state index in [2.05, 4.69) is 15.4 Å². The molecule has 6 heteroatoms. The Bertz CT molecular complexity index is 682. The van der Waals surface area contributed by atoms with Crippen LogP contribution in [0.4, 0.5) is 17.1 Å². The molecule has 0 saturated carbocycles. The number of non-ortho nitro benzene ring substituents is 1. The summed E-state index contributed by atoms with van der Waals surface area (Å²) in [6.07, 6.45) is 1.62. The highest BCUT2D eigenvalue weighted by Crippen LogP contribution is 2.24. The lowest BCUT2D eigenvalue weighted by Crippen LogP contribution is -2.23. The number of nitrogens with zero attached hydrogens (tertiary/aromatic N) is 3. The molecule has 2 aromatic carbocycles. The first-order valence-electron chi connectivity index (χ1n) is 7.53. The average Bonchev–Trinajstić information content (AvgIpc) is 2.58. The third-order valence-corrected chi connectivity index (χ3v) is 3.50. The minimum atomic E-state index is -0.395. The number of hydrogen-bond donors (Lipinski definition) is 1. The van der Waals surface area contributed by atoms with Crippen LogP contribution in [0.15, 0.2) is 53.6 Å². The second-order valence-corrected chi connectivity index (χ2v) is 4.91. The van der Waals surface area contributed by atoms with Crippen LogP contribution >= 0.6 is 0 Å². The van der Waals surface area contributed by atoms with Gasteiger partial charge in [0, 0.05) is 36.5 Å². The summed E-state index contributed by atoms with van der Waals surface area (Å²) < 4.78 is 0. The molecule has 0 bridgehead atoms. The zero-order valence-corrected chi connectivity index (χ0v) is 13.3. The second kappa shape index (κ2) is 7.93. The van der Waals surface area contributed by atoms with Crippen LogP contribution in [0.5, 0.6) is 0 Å². The van der Waals surface area contributed by atoms with Crippen molar-refractivity contribution in [1.82, 2.24) is 0 Å². The van der Waals surface area contributed by atoms with Crippen LogP contribution in [0, 0.1) is 10.1 Å². The normalized spacial score (nSPS) is 10.7. The molecular formula is C17H20N4O2. The number of nitrogens with one attached hydrogen (secondary N) is 1. The molecule has 0 heterocycles. The molecule has 0 aliphatic heterocycles. The van der Waals surface area contributed by atoms with Gasteiger partial charge in [-0.1, -0.05) is 18.2 Å². The summed E-state index contributed by atoms with van der Waals surface area (Å²) in [5.74, 6) is 0. The van der Waals surface area contributed by atoms with E-state index in [1.54, 1.807) is 18.3 Å². The van der Waals surface area contributed by atoms with Crippen molar-refractivity contribution in [3.8, 4) is 0 Å². The molecular weight excluding hydrogens is 292 g/mol. The molecule has 2 rings (SSSR count). The summed E-state index contributed by atoms with van der Waals surface area (Å²) >= 11 is 0. The number of nitro groups is 1. The molecule has 0 radical (unpaired) electrons. The summed E-state index contributed by atoms with van der Waals surface area (Å²) in [6, 6.07) is 14.4. The monoisotopic (exact) mass is 312 g/mol. The molecule has 0 unspecified atom stereocenters. The third-order valence-electron chi connectivity index (χ3n) is 3.50. The molecule has 120 valence electrons. The van der Waals surface area contributed by atoms with Crippen LogP contribution in [-0.2, 0) is 0 Å². The van der Waals surface area contributed by atoms with E-state index in [0.29, 0.717) is 5.56 Å². The molecule has 1 N–H and O–H groups in total. The standard InChI is InChI=1S/C17H20N4O2/c1-3-20(4-2)17-11-10-16(21(22)23)12-14(17)13-18-19-15-8-6-5-7-9-15/h5-13,19H,3-4H2,1-2H3/b18-13-. The van der Waals surface area contributed by atoms with Crippen LogP contribution in [0.2, 0.25) is 0 Å². The molecule has 2 aromatic rings. The Morgan fingerprint density at radius 3 is 2.48 bits per heavy atom. The zero-order valence-electron chi connectivity index (χ0n) is 13.3. The summed E-state index contributed by atoms with van der Waals surface area (Å²) in [6.45, 7) is 5.74. The van der Waals surface area contributed by atoms with E-state index in [4.69, 9.17) is 0 Å². The van der Waals surface area contributed by atoms with Gasteiger partial charge in [0.05, 0.1) is 16.8 Å². The van der Waals surface area contributed by atoms with E-state index in [-0.39, 0.29) is 5.69 Å². The summed E-state index contributed by atoms with van der Waals surface area (Å²) in [5.41, 5.74) is 5.49. The first-order valence-corrected chi connectivity index (χ1v) is 7.53. The van der Waals surface area contributed by atoms with Gasteiger partial charge in [-0.2, -0.15) is 5.10 Å². The minimum absolute atomic E-state index is 0.0575. The Labute approximate surface area is 135 Å². The smallest absolute Gasteiger partial charge is 0.270 e. The van der Waals surface area contributed by atoms with Gasteiger partial charge in [0.2, 0.25) is 0 Å². The molecule has 0 amide bonds. The van der Waals surface area contributed by atoms with Crippen LogP contribution < -0.4 is 10.3 Å². The van der Waals surface area contributed by atoms with Gasteiger partial charge in [0.1, 0.15) is 0 Å². The van der Waals surface area contributed by atoms with Gasteiger partial charge in [-0.05, 0) is 32.0 Å². The van der Waals surface area contributed by atoms with Gasteiger partial charge >= 0.3 is 0 Å². The fourth-order valence-electron chi connectivity index (χ4n) is 2.30. The number of hydrogen-bond acceptors (Lipinski definition) is 5. The van der Waals surface area contributed by atoms with Crippen LogP contribution in [0.1, 0.15) is 19.4 Å². The maximum atomic E-state index is 11.0. The largest absolute Gasteiger partial charge is 0.372 e. The van der Waals surface area contributed by atoms with Gasteiger partial charge in [-0.3, -0.25) is 15.5 Å². The third kappa shape index (κ3) is 4.29. The lowest BCUT2D eigenvalue weighted by atomic mass is 10.1. The van der Waals surface area contributed by atoms with Gasteiger partial charge in [-0.15, -0.1) is 0 Å². The van der Waals surface area contributed by atoms with Crippen molar-refractivity contribution < 1.29 is 4.92 Å². The molecule has 6 nitrogen and oxygen atoms in total. The van der Waals surface area contributed by atoms with Crippen LogP contribution in [-0.4, -0.2) is 24.2 Å². The number of nitro benzene ring substituents is 1. The van der Waals surface area contributed by atoms with Gasteiger partial charge in [0.15, 0.2) is 0 Å². The highest BCUT2D eigenvalue weighted by atomic mass is 16.6. The van der Waals surface area contributed by atoms with Crippen LogP contribution in [0.25, 0.3) is 0 Å². The summed E-state index contributed by atoms with van der Waals surface area (Å²) in [5, 5.41) is 15.2. The summed E-state index contributed by atoms with van der Waals surface area (Å²) in [4.78, 5) is 12.7. The Kier molecular flexibility index (Phi) is 5.68. The fraction of sp³-hybridized carbons (Fsp3) is 0.235. The lowest BCUT2D eigenvalue weighted by Gasteiger charge is -2.22. The molecule has 23 heavy (non-hydrogen) atoms. The van der Waals surface area contributed by atoms with Crippen molar-refractivity contribution in [3.63, 3.8) is 0 Å². The van der Waals surface area contributed by atoms with Gasteiger partial charge in [-0.25, -0.2) is 0 Å². The fourth-order valence-corrected chi connectivity index (χ4v) is 2.30. The van der Waals surface area contributed by atoms with Gasteiger partial charge in [0.25, 0.3) is 5.69 Å². The quantitative estimate of drug-likeness (QED) is 0.478. The van der Waals surface area contributed by atoms with Crippen molar-refractivity contribution in [1.29, 1.82) is 0 Å². The first kappa shape index (κ1) is 16.5. The molecule has 0 fully saturated rings. The van der Waals surface area contributed by atoms with E-state index in [1.807, 2.05) is 44.2 Å². The molecule has 0 aliphatic rings. The minimum Gasteiger partial charge on any atom is -0.372 e.